The first-order valence-electron chi connectivity index (χ1n) is 8.84. The second-order valence-corrected chi connectivity index (χ2v) is 7.51. The maximum absolute atomic E-state index is 12.7. The summed E-state index contributed by atoms with van der Waals surface area (Å²) in [6, 6.07) is 18.7. The normalized spacial score (nSPS) is 11.7. The number of ether oxygens (including phenoxy) is 1. The number of aromatic nitrogens is 1. The molecule has 1 atom stereocenters. The molecule has 28 heavy (non-hydrogen) atoms. The summed E-state index contributed by atoms with van der Waals surface area (Å²) in [7, 11) is 0. The van der Waals surface area contributed by atoms with Crippen LogP contribution in [0.4, 0.5) is 0 Å². The first-order chi connectivity index (χ1) is 13.6. The van der Waals surface area contributed by atoms with Crippen LogP contribution in [0, 0.1) is 0 Å². The zero-order chi connectivity index (χ0) is 19.9. The van der Waals surface area contributed by atoms with Gasteiger partial charge in [-0.1, -0.05) is 29.8 Å². The predicted molar refractivity (Wildman–Crippen MR) is 114 cm³/mol. The lowest BCUT2D eigenvalue weighted by atomic mass is 10.1. The van der Waals surface area contributed by atoms with E-state index < -0.39 is 0 Å². The Morgan fingerprint density at radius 1 is 1.18 bits per heavy atom. The van der Waals surface area contributed by atoms with Crippen LogP contribution < -0.4 is 10.1 Å². The Hall–Kier alpha value is -2.50. The second kappa shape index (κ2) is 9.62. The van der Waals surface area contributed by atoms with Gasteiger partial charge in [-0.15, -0.1) is 11.8 Å². The number of hydrogen-bond acceptors (Lipinski definition) is 4. The minimum Gasteiger partial charge on any atom is -0.487 e. The third-order valence-corrected chi connectivity index (χ3v) is 5.29. The van der Waals surface area contributed by atoms with Gasteiger partial charge in [-0.05, 0) is 61.2 Å². The summed E-state index contributed by atoms with van der Waals surface area (Å²) < 4.78 is 5.82. The Morgan fingerprint density at radius 2 is 2.04 bits per heavy atom. The fourth-order valence-electron chi connectivity index (χ4n) is 2.68. The first-order valence-corrected chi connectivity index (χ1v) is 10.4. The maximum Gasteiger partial charge on any atom is 0.253 e. The molecule has 0 fully saturated rings. The lowest BCUT2D eigenvalue weighted by Crippen LogP contribution is -2.27. The zero-order valence-electron chi connectivity index (χ0n) is 15.7. The molecule has 1 aromatic heterocycles. The zero-order valence-corrected chi connectivity index (χ0v) is 17.3. The number of amides is 1. The van der Waals surface area contributed by atoms with Crippen LogP contribution in [0.2, 0.25) is 5.02 Å². The van der Waals surface area contributed by atoms with Crippen molar-refractivity contribution in [2.75, 3.05) is 6.26 Å². The van der Waals surface area contributed by atoms with Crippen LogP contribution in [0.25, 0.3) is 0 Å². The van der Waals surface area contributed by atoms with E-state index in [0.717, 1.165) is 21.9 Å². The lowest BCUT2D eigenvalue weighted by molar-refractivity contribution is 0.0939. The summed E-state index contributed by atoms with van der Waals surface area (Å²) in [5.41, 5.74) is 2.28. The van der Waals surface area contributed by atoms with Gasteiger partial charge in [-0.3, -0.25) is 9.78 Å². The molecule has 0 bridgehead atoms. The van der Waals surface area contributed by atoms with E-state index in [-0.39, 0.29) is 11.9 Å². The van der Waals surface area contributed by atoms with Gasteiger partial charge < -0.3 is 10.1 Å². The molecular formula is C22H21ClN2O2S. The number of nitrogens with zero attached hydrogens (tertiary/aromatic N) is 1. The van der Waals surface area contributed by atoms with E-state index in [9.17, 15) is 4.79 Å². The van der Waals surface area contributed by atoms with Crippen LogP contribution in [-0.4, -0.2) is 17.1 Å². The van der Waals surface area contributed by atoms with Crippen molar-refractivity contribution < 1.29 is 9.53 Å². The van der Waals surface area contributed by atoms with Crippen LogP contribution in [0.1, 0.15) is 34.6 Å². The van der Waals surface area contributed by atoms with Gasteiger partial charge in [-0.2, -0.15) is 0 Å². The van der Waals surface area contributed by atoms with Gasteiger partial charge in [0.1, 0.15) is 12.4 Å². The van der Waals surface area contributed by atoms with Gasteiger partial charge in [0.25, 0.3) is 5.91 Å². The molecule has 1 N–H and O–H groups in total. The van der Waals surface area contributed by atoms with Crippen molar-refractivity contribution in [1.82, 2.24) is 10.3 Å². The molecule has 0 radical (unpaired) electrons. The van der Waals surface area contributed by atoms with Gasteiger partial charge >= 0.3 is 0 Å². The number of pyridine rings is 1. The SMILES string of the molecule is CSc1ccc(Cl)c(C(=O)NC(C)c2cccc(OCc3ccccn3)c2)c1. The van der Waals surface area contributed by atoms with E-state index in [1.54, 1.807) is 30.1 Å². The van der Waals surface area contributed by atoms with Crippen molar-refractivity contribution in [2.45, 2.75) is 24.5 Å². The summed E-state index contributed by atoms with van der Waals surface area (Å²) in [4.78, 5) is 17.9. The Kier molecular flexibility index (Phi) is 6.95. The molecule has 0 aliphatic carbocycles. The summed E-state index contributed by atoms with van der Waals surface area (Å²) in [5, 5.41) is 3.44. The molecule has 3 rings (SSSR count). The molecule has 0 aliphatic heterocycles. The third-order valence-electron chi connectivity index (χ3n) is 4.24. The van der Waals surface area contributed by atoms with Crippen LogP contribution in [0.3, 0.4) is 0 Å². The van der Waals surface area contributed by atoms with E-state index in [2.05, 4.69) is 10.3 Å². The van der Waals surface area contributed by atoms with E-state index in [1.807, 2.05) is 61.7 Å². The Balaban J connectivity index is 1.67. The molecule has 0 spiro atoms. The fourth-order valence-corrected chi connectivity index (χ4v) is 3.32. The number of thioether (sulfide) groups is 1. The third kappa shape index (κ3) is 5.27. The minimum atomic E-state index is -0.201. The Bertz CT molecular complexity index is 950. The van der Waals surface area contributed by atoms with Crippen molar-refractivity contribution in [3.63, 3.8) is 0 Å². The predicted octanol–water partition coefficient (Wildman–Crippen LogP) is 5.53. The molecule has 2 aromatic carbocycles. The summed E-state index contributed by atoms with van der Waals surface area (Å²) >= 11 is 7.78. The van der Waals surface area contributed by atoms with Crippen LogP contribution in [0.15, 0.2) is 71.8 Å². The number of carbonyl (C=O) groups excluding carboxylic acids is 1. The van der Waals surface area contributed by atoms with Crippen molar-refractivity contribution in [1.29, 1.82) is 0 Å². The molecular weight excluding hydrogens is 392 g/mol. The number of nitrogens with one attached hydrogen (secondary N) is 1. The second-order valence-electron chi connectivity index (χ2n) is 6.22. The Morgan fingerprint density at radius 3 is 2.79 bits per heavy atom. The fraction of sp³-hybridized carbons (Fsp3) is 0.182. The van der Waals surface area contributed by atoms with Gasteiger partial charge in [-0.25, -0.2) is 0 Å². The molecule has 144 valence electrons. The monoisotopic (exact) mass is 412 g/mol. The maximum atomic E-state index is 12.7. The molecule has 0 aliphatic rings. The number of hydrogen-bond donors (Lipinski definition) is 1. The largest absolute Gasteiger partial charge is 0.487 e. The summed E-state index contributed by atoms with van der Waals surface area (Å²) in [6.07, 6.45) is 3.70. The van der Waals surface area contributed by atoms with E-state index >= 15 is 0 Å². The number of carbonyl (C=O) groups is 1. The van der Waals surface area contributed by atoms with Crippen molar-refractivity contribution in [3.05, 3.63) is 88.7 Å². The molecule has 0 saturated heterocycles. The topological polar surface area (TPSA) is 51.2 Å². The van der Waals surface area contributed by atoms with Crippen LogP contribution >= 0.6 is 23.4 Å². The van der Waals surface area contributed by atoms with Gasteiger partial charge in [0.2, 0.25) is 0 Å². The average Bonchev–Trinajstić information content (AvgIpc) is 2.73. The lowest BCUT2D eigenvalue weighted by Gasteiger charge is -2.16. The van der Waals surface area contributed by atoms with E-state index in [4.69, 9.17) is 16.3 Å². The van der Waals surface area contributed by atoms with Gasteiger partial charge in [0, 0.05) is 11.1 Å². The standard InChI is InChI=1S/C22H21ClN2O2S/c1-15(25-22(26)20-13-19(28-2)9-10-21(20)23)16-6-5-8-18(12-16)27-14-17-7-3-4-11-24-17/h3-13,15H,14H2,1-2H3,(H,25,26). The molecule has 3 aromatic rings. The smallest absolute Gasteiger partial charge is 0.253 e. The minimum absolute atomic E-state index is 0.195. The molecule has 1 heterocycles. The van der Waals surface area contributed by atoms with Crippen LogP contribution in [-0.2, 0) is 6.61 Å². The van der Waals surface area contributed by atoms with Crippen LogP contribution in [0.5, 0.6) is 5.75 Å². The Labute approximate surface area is 174 Å². The van der Waals surface area contributed by atoms with Gasteiger partial charge in [0.15, 0.2) is 0 Å². The van der Waals surface area contributed by atoms with E-state index in [0.29, 0.717) is 17.2 Å². The van der Waals surface area contributed by atoms with Crippen molar-refractivity contribution >= 4 is 29.3 Å². The molecule has 4 nitrogen and oxygen atoms in total. The van der Waals surface area contributed by atoms with Crippen molar-refractivity contribution in [2.24, 2.45) is 0 Å². The molecule has 1 amide bonds. The highest BCUT2D eigenvalue weighted by Gasteiger charge is 2.15. The summed E-state index contributed by atoms with van der Waals surface area (Å²) in [5.74, 6) is 0.528. The van der Waals surface area contributed by atoms with Gasteiger partial charge in [0.05, 0.1) is 22.3 Å². The molecule has 0 saturated carbocycles. The molecule has 1 unspecified atom stereocenters. The van der Waals surface area contributed by atoms with Crippen molar-refractivity contribution in [3.8, 4) is 5.75 Å². The highest BCUT2D eigenvalue weighted by Crippen LogP contribution is 2.25. The average molecular weight is 413 g/mol. The first kappa shape index (κ1) is 20.2. The summed E-state index contributed by atoms with van der Waals surface area (Å²) in [6.45, 7) is 2.32. The number of benzene rings is 2. The highest BCUT2D eigenvalue weighted by molar-refractivity contribution is 7.98. The quantitative estimate of drug-likeness (QED) is 0.518. The molecule has 6 heteroatoms. The number of rotatable bonds is 7. The highest BCUT2D eigenvalue weighted by atomic mass is 35.5. The van der Waals surface area contributed by atoms with E-state index in [1.165, 1.54) is 0 Å². The number of halogens is 1.